The van der Waals surface area contributed by atoms with Crippen molar-refractivity contribution in [3.05, 3.63) is 174 Å². The summed E-state index contributed by atoms with van der Waals surface area (Å²) in [5.41, 5.74) is 4.51. The lowest BCUT2D eigenvalue weighted by atomic mass is 9.96. The third-order valence-corrected chi connectivity index (χ3v) is 14.7. The van der Waals surface area contributed by atoms with E-state index >= 15 is 0 Å². The maximum absolute atomic E-state index is 10.5. The van der Waals surface area contributed by atoms with Crippen LogP contribution in [0.2, 0.25) is 0 Å². The molecule has 0 spiro atoms. The summed E-state index contributed by atoms with van der Waals surface area (Å²) in [5, 5.41) is 17.0. The van der Waals surface area contributed by atoms with Crippen LogP contribution in [0.15, 0.2) is 156 Å². The van der Waals surface area contributed by atoms with Gasteiger partial charge in [-0.25, -0.2) is 4.57 Å². The normalized spacial score (nSPS) is 13.9. The van der Waals surface area contributed by atoms with Crippen LogP contribution in [0.25, 0.3) is 44.3 Å². The third-order valence-electron chi connectivity index (χ3n) is 9.90. The van der Waals surface area contributed by atoms with Crippen molar-refractivity contribution in [2.24, 2.45) is 7.05 Å². The molecule has 0 fully saturated rings. The molecule has 2 aromatic heterocycles. The fourth-order valence-corrected chi connectivity index (χ4v) is 12.3. The zero-order valence-electron chi connectivity index (χ0n) is 33.7. The molecule has 0 N–H and O–H groups in total. The van der Waals surface area contributed by atoms with E-state index in [0.29, 0.717) is 33.6 Å². The summed E-state index contributed by atoms with van der Waals surface area (Å²) in [6.45, 7) is -3.37. The molecule has 0 radical (unpaired) electrons. The molecule has 50 heavy (non-hydrogen) atoms. The molecule has 0 amide bonds. The minimum Gasteiger partial charge on any atom is -0.454 e. The maximum Gasteiger partial charge on any atom is 0.216 e. The van der Waals surface area contributed by atoms with Gasteiger partial charge in [-0.2, -0.15) is 5.26 Å². The molecule has 240 valence electrons. The van der Waals surface area contributed by atoms with Crippen LogP contribution in [-0.2, 0) is 7.05 Å². The zero-order valence-corrected chi connectivity index (χ0v) is 28.7. The van der Waals surface area contributed by atoms with Crippen LogP contribution < -0.4 is 25.3 Å². The van der Waals surface area contributed by atoms with Gasteiger partial charge in [0.2, 0.25) is 5.69 Å². The molecule has 8 rings (SSSR count). The number of furan rings is 1. The number of nitrogens with zero attached hydrogens (tertiary/aromatic N) is 2. The number of rotatable bonds is 6. The van der Waals surface area contributed by atoms with Crippen LogP contribution in [0.4, 0.5) is 0 Å². The van der Waals surface area contributed by atoms with Crippen molar-refractivity contribution in [1.82, 2.24) is 0 Å². The molecule has 0 aliphatic carbocycles. The van der Waals surface area contributed by atoms with Gasteiger partial charge in [-0.3, -0.25) is 0 Å². The molecule has 0 aliphatic rings. The number of nitriles is 1. The molecule has 0 unspecified atom stereocenters. The van der Waals surface area contributed by atoms with Crippen molar-refractivity contribution in [3.63, 3.8) is 0 Å². The number of hydrogen-bond donors (Lipinski definition) is 0. The molecule has 0 saturated carbocycles. The number of hydrogen-bond acceptors (Lipinski definition) is 2. The highest BCUT2D eigenvalue weighted by Gasteiger charge is 2.41. The van der Waals surface area contributed by atoms with E-state index in [4.69, 9.17) is 12.6 Å². The van der Waals surface area contributed by atoms with E-state index in [-0.39, 0.29) is 11.1 Å². The van der Waals surface area contributed by atoms with Gasteiger partial charge in [0.05, 0.1) is 17.2 Å². The second-order valence-corrected chi connectivity index (χ2v) is 16.5. The Bertz CT molecular complexity index is 2690. The Morgan fingerprint density at radius 2 is 1.12 bits per heavy atom. The fraction of sp³-hybridized carbons (Fsp3) is 0.0870. The third kappa shape index (κ3) is 4.90. The molecule has 8 aromatic rings. The first-order valence-corrected chi connectivity index (χ1v) is 18.6. The Balaban J connectivity index is 1.36. The van der Waals surface area contributed by atoms with Crippen molar-refractivity contribution in [1.29, 1.82) is 5.26 Å². The summed E-state index contributed by atoms with van der Waals surface area (Å²) in [7, 11) is -1.08. The second kappa shape index (κ2) is 12.5. The van der Waals surface area contributed by atoms with Gasteiger partial charge in [-0.05, 0) is 70.2 Å². The molecule has 2 heterocycles. The highest BCUT2D eigenvalue weighted by molar-refractivity contribution is 7.19. The van der Waals surface area contributed by atoms with Gasteiger partial charge in [-0.15, -0.1) is 0 Å². The first-order valence-electron chi connectivity index (χ1n) is 19.6. The number of pyridine rings is 1. The quantitative estimate of drug-likeness (QED) is 0.103. The van der Waals surface area contributed by atoms with Crippen LogP contribution in [-0.4, -0.2) is 8.07 Å². The largest absolute Gasteiger partial charge is 0.454 e. The predicted octanol–water partition coefficient (Wildman–Crippen LogP) is 7.92. The fourth-order valence-electron chi connectivity index (χ4n) is 7.55. The van der Waals surface area contributed by atoms with Crippen LogP contribution in [0.1, 0.15) is 30.5 Å². The van der Waals surface area contributed by atoms with E-state index in [0.717, 1.165) is 21.9 Å². The van der Waals surface area contributed by atoms with Gasteiger partial charge in [0.15, 0.2) is 14.3 Å². The van der Waals surface area contributed by atoms with E-state index < -0.39 is 21.8 Å². The van der Waals surface area contributed by atoms with E-state index in [1.807, 2.05) is 49.4 Å². The topological polar surface area (TPSA) is 40.8 Å². The number of fused-ring (bicyclic) bond motifs is 3. The smallest absolute Gasteiger partial charge is 0.216 e. The summed E-state index contributed by atoms with van der Waals surface area (Å²) in [6, 6.07) is 52.1. The van der Waals surface area contributed by atoms with E-state index in [1.165, 1.54) is 33.0 Å². The van der Waals surface area contributed by atoms with Crippen LogP contribution in [0, 0.1) is 32.0 Å². The highest BCUT2D eigenvalue weighted by atomic mass is 28.3. The molecule has 4 heteroatoms. The standard InChI is InChI=1S/C46H37N2OSi/c1-31-20-26-40-41-27-23-35(29-47)44(46(41)49-45(40)43(31)42-28-32(2)33(3)30-48(42)4)34-21-24-39(25-22-34)50(36-14-8-5-9-15-36,37-16-10-6-11-17-37)38-18-12-7-13-19-38/h5-28,30H,1-4H3/q+1/i2D3,3D3. The minimum atomic E-state index is -2.78. The van der Waals surface area contributed by atoms with Crippen molar-refractivity contribution in [2.75, 3.05) is 0 Å². The summed E-state index contributed by atoms with van der Waals surface area (Å²) < 4.78 is 57.3. The molecule has 0 atom stereocenters. The van der Waals surface area contributed by atoms with E-state index in [2.05, 4.69) is 103 Å². The molecule has 3 nitrogen and oxygen atoms in total. The maximum atomic E-state index is 10.5. The summed E-state index contributed by atoms with van der Waals surface area (Å²) in [6.07, 6.45) is 1.38. The van der Waals surface area contributed by atoms with Gasteiger partial charge >= 0.3 is 0 Å². The molecule has 0 bridgehead atoms. The van der Waals surface area contributed by atoms with Crippen LogP contribution >= 0.6 is 0 Å². The Hall–Kier alpha value is -6.02. The van der Waals surface area contributed by atoms with Gasteiger partial charge in [-0.1, -0.05) is 127 Å². The molecular weight excluding hydrogens is 625 g/mol. The predicted molar refractivity (Wildman–Crippen MR) is 208 cm³/mol. The van der Waals surface area contributed by atoms with Crippen molar-refractivity contribution < 1.29 is 17.2 Å². The molecular formula is C46H37N2OSi+. The Labute approximate surface area is 302 Å². The van der Waals surface area contributed by atoms with Crippen molar-refractivity contribution in [3.8, 4) is 28.5 Å². The van der Waals surface area contributed by atoms with Crippen LogP contribution in [0.5, 0.6) is 0 Å². The Kier molecular flexibility index (Phi) is 6.23. The van der Waals surface area contributed by atoms with E-state index in [1.54, 1.807) is 11.6 Å². The average molecular weight is 668 g/mol. The number of aryl methyl sites for hydroxylation is 4. The summed E-state index contributed by atoms with van der Waals surface area (Å²) in [4.78, 5) is 0. The van der Waals surface area contributed by atoms with Crippen molar-refractivity contribution in [2.45, 2.75) is 20.6 Å². The number of aromatic nitrogens is 1. The lowest BCUT2D eigenvalue weighted by molar-refractivity contribution is -0.660. The van der Waals surface area contributed by atoms with Crippen LogP contribution in [0.3, 0.4) is 0 Å². The van der Waals surface area contributed by atoms with Gasteiger partial charge in [0.25, 0.3) is 0 Å². The zero-order chi connectivity index (χ0) is 39.4. The van der Waals surface area contributed by atoms with Gasteiger partial charge in [0, 0.05) is 36.2 Å². The van der Waals surface area contributed by atoms with E-state index in [9.17, 15) is 5.26 Å². The SMILES string of the molecule is [2H]C([2H])([2H])c1cc(-c2c(C)ccc3c2oc2c(-c4ccc([Si](c5ccccc5)(c5ccccc5)c5ccccc5)cc4)c(C#N)ccc23)[n+](C)cc1C([2H])([2H])[2H]. The Morgan fingerprint density at radius 3 is 1.66 bits per heavy atom. The minimum absolute atomic E-state index is 0.221. The first kappa shape index (κ1) is 25.0. The second-order valence-electron chi connectivity index (χ2n) is 12.7. The first-order chi connectivity index (χ1) is 26.8. The lowest BCUT2D eigenvalue weighted by Gasteiger charge is -2.34. The molecule has 0 aliphatic heterocycles. The highest BCUT2D eigenvalue weighted by Crippen LogP contribution is 2.42. The lowest BCUT2D eigenvalue weighted by Crippen LogP contribution is -2.74. The Morgan fingerprint density at radius 1 is 0.600 bits per heavy atom. The monoisotopic (exact) mass is 667 g/mol. The number of benzene rings is 6. The average Bonchev–Trinajstić information content (AvgIpc) is 3.57. The summed E-state index contributed by atoms with van der Waals surface area (Å²) in [5.74, 6) is 0. The molecule has 6 aromatic carbocycles. The summed E-state index contributed by atoms with van der Waals surface area (Å²) >= 11 is 0. The van der Waals surface area contributed by atoms with Gasteiger partial charge < -0.3 is 4.42 Å². The van der Waals surface area contributed by atoms with Gasteiger partial charge in [0.1, 0.15) is 18.2 Å². The molecule has 0 saturated heterocycles. The van der Waals surface area contributed by atoms with Crippen molar-refractivity contribution >= 4 is 50.8 Å².